The normalized spacial score (nSPS) is 16.4. The minimum absolute atomic E-state index is 0.127. The maximum absolute atomic E-state index is 14.3. The van der Waals surface area contributed by atoms with Gasteiger partial charge in [-0.15, -0.1) is 10.2 Å². The Kier molecular flexibility index (Phi) is 8.75. The van der Waals surface area contributed by atoms with E-state index in [9.17, 15) is 23.5 Å². The van der Waals surface area contributed by atoms with E-state index >= 15 is 0 Å². The molecule has 0 bridgehead atoms. The van der Waals surface area contributed by atoms with Crippen molar-refractivity contribution in [3.63, 3.8) is 0 Å². The van der Waals surface area contributed by atoms with Crippen LogP contribution < -0.4 is 9.64 Å². The Labute approximate surface area is 243 Å². The molecule has 1 amide bonds. The summed E-state index contributed by atoms with van der Waals surface area (Å²) in [7, 11) is 0. The van der Waals surface area contributed by atoms with Gasteiger partial charge < -0.3 is 9.84 Å². The second-order valence-corrected chi connectivity index (χ2v) is 11.4. The van der Waals surface area contributed by atoms with Crippen LogP contribution in [0.4, 0.5) is 13.9 Å². The number of rotatable bonds is 10. The Hall–Kier alpha value is -4.09. The molecule has 1 atom stereocenters. The molecule has 0 spiro atoms. The van der Waals surface area contributed by atoms with Gasteiger partial charge >= 0.3 is 5.91 Å². The zero-order chi connectivity index (χ0) is 28.9. The van der Waals surface area contributed by atoms with E-state index in [1.165, 1.54) is 42.1 Å². The first-order valence-corrected chi connectivity index (χ1v) is 14.7. The van der Waals surface area contributed by atoms with Gasteiger partial charge in [0.1, 0.15) is 23.1 Å². The number of carbonyl (C=O) groups excluding carboxylic acids is 2. The van der Waals surface area contributed by atoms with Crippen LogP contribution in [0.2, 0.25) is 0 Å². The topological polar surface area (TPSA) is 92.6 Å². The van der Waals surface area contributed by atoms with Crippen LogP contribution in [0.15, 0.2) is 82.7 Å². The highest BCUT2D eigenvalue weighted by Crippen LogP contribution is 2.44. The molecule has 0 aliphatic carbocycles. The number of hydrogen-bond donors (Lipinski definition) is 1. The van der Waals surface area contributed by atoms with E-state index in [1.54, 1.807) is 42.5 Å². The number of Topliss-reactive ketones (excluding diaryl/α,β-unsaturated/α-hetero) is 1. The van der Waals surface area contributed by atoms with Gasteiger partial charge in [0, 0.05) is 11.3 Å². The Bertz CT molecular complexity index is 1590. The highest BCUT2D eigenvalue weighted by Gasteiger charge is 2.48. The van der Waals surface area contributed by atoms with Gasteiger partial charge in [-0.05, 0) is 66.1 Å². The predicted molar refractivity (Wildman–Crippen MR) is 154 cm³/mol. The summed E-state index contributed by atoms with van der Waals surface area (Å²) in [5, 5.41) is 19.7. The highest BCUT2D eigenvalue weighted by atomic mass is 32.2. The van der Waals surface area contributed by atoms with Crippen molar-refractivity contribution in [3.8, 4) is 5.75 Å². The minimum Gasteiger partial charge on any atom is -0.507 e. The van der Waals surface area contributed by atoms with E-state index in [0.29, 0.717) is 33.6 Å². The fraction of sp³-hybridized carbons (Fsp3) is 0.200. The number of unbranched alkanes of at least 4 members (excludes halogenated alkanes) is 1. The number of ether oxygens (including phenoxy) is 1. The van der Waals surface area contributed by atoms with Gasteiger partial charge in [-0.25, -0.2) is 8.78 Å². The van der Waals surface area contributed by atoms with Crippen LogP contribution in [-0.2, 0) is 15.3 Å². The van der Waals surface area contributed by atoms with Gasteiger partial charge in [-0.2, -0.15) is 0 Å². The molecule has 1 aliphatic rings. The largest absolute Gasteiger partial charge is 0.507 e. The van der Waals surface area contributed by atoms with Crippen molar-refractivity contribution in [1.29, 1.82) is 0 Å². The standard InChI is InChI=1S/C30H25F2N3O4S2/c1-2-3-15-39-23-13-9-19(10-14-23)26(36)24-25(20-5-4-6-22(32)16-20)35(28(38)27(24)37)29-33-34-30(41-29)40-17-18-7-11-21(31)12-8-18/h4-14,16,25,36H,2-3,15,17H2,1H3/b26-24-. The Morgan fingerprint density at radius 1 is 1.02 bits per heavy atom. The molecule has 1 aliphatic heterocycles. The van der Waals surface area contributed by atoms with Crippen LogP contribution in [0, 0.1) is 11.6 Å². The van der Waals surface area contributed by atoms with Gasteiger partial charge in [0.15, 0.2) is 4.34 Å². The first-order valence-electron chi connectivity index (χ1n) is 12.9. The number of aromatic nitrogens is 2. The monoisotopic (exact) mass is 593 g/mol. The summed E-state index contributed by atoms with van der Waals surface area (Å²) in [6.07, 6.45) is 1.89. The first kappa shape index (κ1) is 28.4. The summed E-state index contributed by atoms with van der Waals surface area (Å²) >= 11 is 2.43. The molecule has 1 fully saturated rings. The first-order chi connectivity index (χ1) is 19.9. The summed E-state index contributed by atoms with van der Waals surface area (Å²) in [5.74, 6) is -2.02. The van der Waals surface area contributed by atoms with Crippen molar-refractivity contribution in [2.75, 3.05) is 11.5 Å². The molecule has 4 aromatic rings. The van der Waals surface area contributed by atoms with Gasteiger partial charge in [0.2, 0.25) is 5.13 Å². The lowest BCUT2D eigenvalue weighted by atomic mass is 9.95. The Balaban J connectivity index is 1.48. The number of benzene rings is 3. The van der Waals surface area contributed by atoms with Crippen molar-refractivity contribution < 1.29 is 28.2 Å². The second kappa shape index (κ2) is 12.6. The number of aliphatic hydroxyl groups is 1. The molecule has 1 aromatic heterocycles. The molecule has 2 heterocycles. The molecule has 41 heavy (non-hydrogen) atoms. The second-order valence-electron chi connectivity index (χ2n) is 9.22. The number of carbonyl (C=O) groups is 2. The lowest BCUT2D eigenvalue weighted by Gasteiger charge is -2.22. The summed E-state index contributed by atoms with van der Waals surface area (Å²) < 4.78 is 33.7. The molecule has 210 valence electrons. The number of amides is 1. The van der Waals surface area contributed by atoms with Gasteiger partial charge in [0.05, 0.1) is 18.2 Å². The average Bonchev–Trinajstić information content (AvgIpc) is 3.55. The third-order valence-electron chi connectivity index (χ3n) is 6.38. The SMILES string of the molecule is CCCCOc1ccc(/C(O)=C2/C(=O)C(=O)N(c3nnc(SCc4ccc(F)cc4)s3)C2c2cccc(F)c2)cc1. The zero-order valence-electron chi connectivity index (χ0n) is 21.9. The van der Waals surface area contributed by atoms with E-state index in [-0.39, 0.29) is 16.5 Å². The van der Waals surface area contributed by atoms with Gasteiger partial charge in [0.25, 0.3) is 5.78 Å². The van der Waals surface area contributed by atoms with Crippen molar-refractivity contribution in [2.45, 2.75) is 35.9 Å². The third-order valence-corrected chi connectivity index (χ3v) is 8.51. The molecule has 3 aromatic carbocycles. The molecular weight excluding hydrogens is 568 g/mol. The number of halogens is 2. The van der Waals surface area contributed by atoms with Crippen molar-refractivity contribution in [2.24, 2.45) is 0 Å². The summed E-state index contributed by atoms with van der Waals surface area (Å²) in [6.45, 7) is 2.61. The van der Waals surface area contributed by atoms with Crippen molar-refractivity contribution >= 4 is 45.7 Å². The molecule has 0 saturated carbocycles. The quantitative estimate of drug-likeness (QED) is 0.0533. The van der Waals surface area contributed by atoms with E-state index in [4.69, 9.17) is 4.74 Å². The van der Waals surface area contributed by atoms with Crippen molar-refractivity contribution in [1.82, 2.24) is 10.2 Å². The minimum atomic E-state index is -1.13. The van der Waals surface area contributed by atoms with Crippen LogP contribution in [0.3, 0.4) is 0 Å². The molecule has 1 N–H and O–H groups in total. The molecular formula is C30H25F2N3O4S2. The Morgan fingerprint density at radius 3 is 2.49 bits per heavy atom. The van der Waals surface area contributed by atoms with E-state index in [1.807, 2.05) is 0 Å². The fourth-order valence-electron chi connectivity index (χ4n) is 4.30. The van der Waals surface area contributed by atoms with Crippen LogP contribution in [0.1, 0.15) is 42.5 Å². The summed E-state index contributed by atoms with van der Waals surface area (Å²) in [4.78, 5) is 27.9. The zero-order valence-corrected chi connectivity index (χ0v) is 23.6. The van der Waals surface area contributed by atoms with Gasteiger partial charge in [-0.3, -0.25) is 14.5 Å². The number of hydrogen-bond acceptors (Lipinski definition) is 8. The van der Waals surface area contributed by atoms with Crippen LogP contribution >= 0.6 is 23.1 Å². The maximum Gasteiger partial charge on any atom is 0.301 e. The maximum atomic E-state index is 14.3. The molecule has 1 unspecified atom stereocenters. The van der Waals surface area contributed by atoms with Crippen LogP contribution in [-0.4, -0.2) is 33.6 Å². The third kappa shape index (κ3) is 6.31. The predicted octanol–water partition coefficient (Wildman–Crippen LogP) is 6.91. The van der Waals surface area contributed by atoms with E-state index in [0.717, 1.165) is 34.6 Å². The molecule has 7 nitrogen and oxygen atoms in total. The van der Waals surface area contributed by atoms with Crippen molar-refractivity contribution in [3.05, 3.63) is 107 Å². The number of anilines is 1. The highest BCUT2D eigenvalue weighted by molar-refractivity contribution is 8.00. The summed E-state index contributed by atoms with van der Waals surface area (Å²) in [6, 6.07) is 17.0. The molecule has 1 saturated heterocycles. The smallest absolute Gasteiger partial charge is 0.301 e. The molecule has 0 radical (unpaired) electrons. The summed E-state index contributed by atoms with van der Waals surface area (Å²) in [5.41, 5.74) is 1.28. The van der Waals surface area contributed by atoms with Crippen LogP contribution in [0.5, 0.6) is 5.75 Å². The lowest BCUT2D eigenvalue weighted by Crippen LogP contribution is -2.29. The Morgan fingerprint density at radius 2 is 1.78 bits per heavy atom. The average molecular weight is 594 g/mol. The number of nitrogens with zero attached hydrogens (tertiary/aromatic N) is 3. The van der Waals surface area contributed by atoms with Crippen LogP contribution in [0.25, 0.3) is 5.76 Å². The fourth-order valence-corrected chi connectivity index (χ4v) is 6.13. The van der Waals surface area contributed by atoms with Gasteiger partial charge in [-0.1, -0.05) is 60.7 Å². The number of aliphatic hydroxyl groups excluding tert-OH is 1. The number of ketones is 1. The van der Waals surface area contributed by atoms with E-state index < -0.39 is 29.3 Å². The molecule has 11 heteroatoms. The number of thioether (sulfide) groups is 1. The lowest BCUT2D eigenvalue weighted by molar-refractivity contribution is -0.132. The molecule has 5 rings (SSSR count). The van der Waals surface area contributed by atoms with E-state index in [2.05, 4.69) is 17.1 Å².